The molecule has 1 aliphatic heterocycles. The van der Waals surface area contributed by atoms with Crippen molar-refractivity contribution in [3.63, 3.8) is 0 Å². The molecule has 32 heavy (non-hydrogen) atoms. The second-order valence-electron chi connectivity index (χ2n) is 8.77. The standard InChI is InChI=1S/C24H35N3O4S/c1-2-3-4-5-16-25-24(29)20-7-6-17-27(18-20)23(28)15-10-19-8-13-22(14-9-19)32(30,31)26-21-11-12-21/h8-10,13-15,20-21,26H,2-7,11-12,16-18H2,1H3,(H,25,29)/b15-10+. The second kappa shape index (κ2) is 11.6. The van der Waals surface area contributed by atoms with Crippen LogP contribution in [-0.4, -0.2) is 50.8 Å². The molecule has 1 aromatic carbocycles. The zero-order chi connectivity index (χ0) is 23.0. The maximum Gasteiger partial charge on any atom is 0.246 e. The Labute approximate surface area is 191 Å². The first-order valence-corrected chi connectivity index (χ1v) is 13.2. The molecule has 8 heteroatoms. The number of likely N-dealkylation sites (tertiary alicyclic amines) is 1. The molecule has 2 amide bonds. The van der Waals surface area contributed by atoms with E-state index in [1.54, 1.807) is 35.2 Å². The van der Waals surface area contributed by atoms with Gasteiger partial charge in [0.25, 0.3) is 0 Å². The van der Waals surface area contributed by atoms with E-state index in [4.69, 9.17) is 0 Å². The number of carbonyl (C=O) groups is 2. The Kier molecular flexibility index (Phi) is 8.87. The van der Waals surface area contributed by atoms with Gasteiger partial charge in [-0.05, 0) is 55.9 Å². The summed E-state index contributed by atoms with van der Waals surface area (Å²) in [4.78, 5) is 27.0. The third-order valence-corrected chi connectivity index (χ3v) is 7.48. The average Bonchev–Trinajstić information content (AvgIpc) is 3.61. The maximum atomic E-state index is 12.6. The molecule has 1 aromatic rings. The highest BCUT2D eigenvalue weighted by atomic mass is 32.2. The van der Waals surface area contributed by atoms with Crippen LogP contribution in [0.1, 0.15) is 63.9 Å². The van der Waals surface area contributed by atoms with Crippen LogP contribution in [0.25, 0.3) is 6.08 Å². The molecule has 1 saturated carbocycles. The van der Waals surface area contributed by atoms with Crippen molar-refractivity contribution in [2.75, 3.05) is 19.6 Å². The Morgan fingerprint density at radius 3 is 2.53 bits per heavy atom. The number of carbonyl (C=O) groups excluding carboxylic acids is 2. The third kappa shape index (κ3) is 7.45. The first-order valence-electron chi connectivity index (χ1n) is 11.8. The quantitative estimate of drug-likeness (QED) is 0.391. The van der Waals surface area contributed by atoms with Gasteiger partial charge in [-0.3, -0.25) is 9.59 Å². The van der Waals surface area contributed by atoms with Crippen molar-refractivity contribution in [3.05, 3.63) is 35.9 Å². The number of hydrogen-bond donors (Lipinski definition) is 2. The van der Waals surface area contributed by atoms with Gasteiger partial charge < -0.3 is 10.2 Å². The van der Waals surface area contributed by atoms with E-state index in [1.807, 2.05) is 0 Å². The van der Waals surface area contributed by atoms with Crippen LogP contribution in [0.5, 0.6) is 0 Å². The fourth-order valence-electron chi connectivity index (χ4n) is 3.82. The summed E-state index contributed by atoms with van der Waals surface area (Å²) in [7, 11) is -3.48. The van der Waals surface area contributed by atoms with Gasteiger partial charge in [-0.15, -0.1) is 0 Å². The smallest absolute Gasteiger partial charge is 0.246 e. The van der Waals surface area contributed by atoms with Gasteiger partial charge in [0.05, 0.1) is 10.8 Å². The van der Waals surface area contributed by atoms with Gasteiger partial charge in [0.2, 0.25) is 21.8 Å². The molecule has 0 aromatic heterocycles. The van der Waals surface area contributed by atoms with Crippen LogP contribution in [0.15, 0.2) is 35.2 Å². The predicted molar refractivity (Wildman–Crippen MR) is 125 cm³/mol. The Morgan fingerprint density at radius 1 is 1.09 bits per heavy atom. The number of nitrogens with zero attached hydrogens (tertiary/aromatic N) is 1. The molecular formula is C24H35N3O4S. The highest BCUT2D eigenvalue weighted by Gasteiger charge is 2.28. The fraction of sp³-hybridized carbons (Fsp3) is 0.583. The number of unbranched alkanes of at least 4 members (excludes halogenated alkanes) is 3. The lowest BCUT2D eigenvalue weighted by Crippen LogP contribution is -2.45. The first kappa shape index (κ1) is 24.5. The zero-order valence-corrected chi connectivity index (χ0v) is 19.7. The van der Waals surface area contributed by atoms with E-state index in [0.717, 1.165) is 44.1 Å². The summed E-state index contributed by atoms with van der Waals surface area (Å²) >= 11 is 0. The summed E-state index contributed by atoms with van der Waals surface area (Å²) in [5, 5.41) is 3.01. The van der Waals surface area contributed by atoms with E-state index < -0.39 is 10.0 Å². The molecule has 0 radical (unpaired) electrons. The normalized spacial score (nSPS) is 19.3. The van der Waals surface area contributed by atoms with Crippen LogP contribution in [-0.2, 0) is 19.6 Å². The monoisotopic (exact) mass is 461 g/mol. The number of benzene rings is 1. The van der Waals surface area contributed by atoms with Gasteiger partial charge in [-0.1, -0.05) is 38.3 Å². The summed E-state index contributed by atoms with van der Waals surface area (Å²) in [5.41, 5.74) is 0.752. The lowest BCUT2D eigenvalue weighted by molar-refractivity contribution is -0.132. The molecular weight excluding hydrogens is 426 g/mol. The summed E-state index contributed by atoms with van der Waals surface area (Å²) in [6.07, 6.45) is 11.1. The Balaban J connectivity index is 1.48. The Bertz CT molecular complexity index is 908. The average molecular weight is 462 g/mol. The van der Waals surface area contributed by atoms with E-state index in [2.05, 4.69) is 17.0 Å². The van der Waals surface area contributed by atoms with Crippen molar-refractivity contribution in [1.29, 1.82) is 0 Å². The van der Waals surface area contributed by atoms with E-state index in [1.165, 1.54) is 18.9 Å². The second-order valence-corrected chi connectivity index (χ2v) is 10.5. The molecule has 7 nitrogen and oxygen atoms in total. The lowest BCUT2D eigenvalue weighted by Gasteiger charge is -2.31. The Morgan fingerprint density at radius 2 is 1.84 bits per heavy atom. The van der Waals surface area contributed by atoms with Crippen LogP contribution in [0, 0.1) is 5.92 Å². The van der Waals surface area contributed by atoms with Gasteiger partial charge in [-0.2, -0.15) is 0 Å². The van der Waals surface area contributed by atoms with E-state index in [-0.39, 0.29) is 28.7 Å². The van der Waals surface area contributed by atoms with Gasteiger partial charge in [-0.25, -0.2) is 13.1 Å². The summed E-state index contributed by atoms with van der Waals surface area (Å²) in [6, 6.07) is 6.55. The van der Waals surface area contributed by atoms with Crippen molar-refractivity contribution >= 4 is 27.9 Å². The minimum atomic E-state index is -3.48. The maximum absolute atomic E-state index is 12.6. The molecule has 1 aliphatic carbocycles. The molecule has 1 unspecified atom stereocenters. The minimum absolute atomic E-state index is 0.0413. The van der Waals surface area contributed by atoms with Gasteiger partial charge in [0, 0.05) is 31.8 Å². The zero-order valence-electron chi connectivity index (χ0n) is 18.9. The van der Waals surface area contributed by atoms with Gasteiger partial charge >= 0.3 is 0 Å². The van der Waals surface area contributed by atoms with Crippen molar-refractivity contribution < 1.29 is 18.0 Å². The van der Waals surface area contributed by atoms with E-state index in [0.29, 0.717) is 19.6 Å². The predicted octanol–water partition coefficient (Wildman–Crippen LogP) is 3.08. The van der Waals surface area contributed by atoms with Crippen LogP contribution in [0.3, 0.4) is 0 Å². The third-order valence-electron chi connectivity index (χ3n) is 5.94. The van der Waals surface area contributed by atoms with Crippen LogP contribution < -0.4 is 10.0 Å². The summed E-state index contributed by atoms with van der Waals surface area (Å²) < 4.78 is 27.1. The molecule has 1 atom stereocenters. The lowest BCUT2D eigenvalue weighted by atomic mass is 9.97. The number of hydrogen-bond acceptors (Lipinski definition) is 4. The summed E-state index contributed by atoms with van der Waals surface area (Å²) in [5.74, 6) is -0.243. The van der Waals surface area contributed by atoms with E-state index in [9.17, 15) is 18.0 Å². The van der Waals surface area contributed by atoms with Crippen molar-refractivity contribution in [3.8, 4) is 0 Å². The molecule has 0 bridgehead atoms. The topological polar surface area (TPSA) is 95.6 Å². The molecule has 1 saturated heterocycles. The Hall–Kier alpha value is -2.19. The van der Waals surface area contributed by atoms with Crippen LogP contribution in [0.4, 0.5) is 0 Å². The molecule has 2 N–H and O–H groups in total. The minimum Gasteiger partial charge on any atom is -0.356 e. The van der Waals surface area contributed by atoms with Crippen LogP contribution >= 0.6 is 0 Å². The molecule has 2 aliphatic rings. The molecule has 176 valence electrons. The van der Waals surface area contributed by atoms with Gasteiger partial charge in [0.15, 0.2) is 0 Å². The van der Waals surface area contributed by atoms with Crippen LogP contribution in [0.2, 0.25) is 0 Å². The van der Waals surface area contributed by atoms with Crippen molar-refractivity contribution in [2.45, 2.75) is 69.2 Å². The van der Waals surface area contributed by atoms with Gasteiger partial charge in [0.1, 0.15) is 0 Å². The fourth-order valence-corrected chi connectivity index (χ4v) is 5.12. The van der Waals surface area contributed by atoms with Crippen molar-refractivity contribution in [2.24, 2.45) is 5.92 Å². The number of sulfonamides is 1. The highest BCUT2D eigenvalue weighted by molar-refractivity contribution is 7.89. The molecule has 1 heterocycles. The molecule has 3 rings (SSSR count). The first-order chi connectivity index (χ1) is 15.4. The highest BCUT2D eigenvalue weighted by Crippen LogP contribution is 2.22. The number of nitrogens with one attached hydrogen (secondary N) is 2. The SMILES string of the molecule is CCCCCCNC(=O)C1CCCN(C(=O)/C=C/c2ccc(S(=O)(=O)NC3CC3)cc2)C1. The number of rotatable bonds is 11. The summed E-state index contributed by atoms with van der Waals surface area (Å²) in [6.45, 7) is 3.94. The molecule has 2 fully saturated rings. The number of piperidine rings is 1. The largest absolute Gasteiger partial charge is 0.356 e. The molecule has 0 spiro atoms. The number of amides is 2. The van der Waals surface area contributed by atoms with E-state index >= 15 is 0 Å². The van der Waals surface area contributed by atoms with Crippen molar-refractivity contribution in [1.82, 2.24) is 14.9 Å².